The first-order valence-corrected chi connectivity index (χ1v) is 5.07. The summed E-state index contributed by atoms with van der Waals surface area (Å²) in [5.74, 6) is -0.401. The number of amides is 2. The average molecular weight is 239 g/mol. The number of alkyl halides is 1. The van der Waals surface area contributed by atoms with Crippen LogP contribution in [0.25, 0.3) is 0 Å². The summed E-state index contributed by atoms with van der Waals surface area (Å²) in [4.78, 5) is 21.1. The van der Waals surface area contributed by atoms with Gasteiger partial charge < -0.3 is 0 Å². The molecular formula is C5H6INO2. The van der Waals surface area contributed by atoms with Crippen molar-refractivity contribution in [3.63, 3.8) is 0 Å². The van der Waals surface area contributed by atoms with Gasteiger partial charge in [0.05, 0.1) is 0 Å². The second-order valence-electron chi connectivity index (χ2n) is 1.75. The molecule has 1 fully saturated rings. The summed E-state index contributed by atoms with van der Waals surface area (Å²) in [6.07, 6.45) is 0. The van der Waals surface area contributed by atoms with Gasteiger partial charge in [0.25, 0.3) is 0 Å². The Bertz CT molecular complexity index is 157. The first kappa shape index (κ1) is 6.85. The third-order valence-electron chi connectivity index (χ3n) is 0.977. The molecule has 1 heterocycles. The van der Waals surface area contributed by atoms with E-state index >= 15 is 0 Å². The van der Waals surface area contributed by atoms with Crippen molar-refractivity contribution in [3.05, 3.63) is 6.92 Å². The van der Waals surface area contributed by atoms with E-state index in [0.717, 1.165) is 0 Å². The molecule has 1 unspecified atom stereocenters. The van der Waals surface area contributed by atoms with Gasteiger partial charge in [-0.1, -0.05) is 0 Å². The Morgan fingerprint density at radius 3 is 2.78 bits per heavy atom. The fraction of sp³-hybridized carbons (Fsp3) is 0.400. The first-order chi connectivity index (χ1) is 4.20. The molecule has 2 amide bonds. The van der Waals surface area contributed by atoms with Crippen LogP contribution in [0.3, 0.4) is 0 Å². The quantitative estimate of drug-likeness (QED) is 0.159. The molecule has 0 aromatic heterocycles. The van der Waals surface area contributed by atoms with E-state index in [0.29, 0.717) is 4.43 Å². The van der Waals surface area contributed by atoms with Crippen LogP contribution in [0.5, 0.6) is 0 Å². The van der Waals surface area contributed by atoms with Gasteiger partial charge in [0.15, 0.2) is 0 Å². The van der Waals surface area contributed by atoms with Crippen LogP contribution in [0.4, 0.5) is 4.79 Å². The molecule has 0 aromatic rings. The maximum atomic E-state index is 10.6. The minimum absolute atomic E-state index is 0.0706. The summed E-state index contributed by atoms with van der Waals surface area (Å²) in [5.41, 5.74) is 0. The molecule has 0 aromatic carbocycles. The van der Waals surface area contributed by atoms with Crippen LogP contribution in [0, 0.1) is 12.8 Å². The van der Waals surface area contributed by atoms with E-state index in [2.05, 4.69) is 12.2 Å². The Morgan fingerprint density at radius 1 is 1.67 bits per heavy atom. The second kappa shape index (κ2) is 2.55. The zero-order valence-electron chi connectivity index (χ0n) is 4.69. The molecule has 1 saturated heterocycles. The molecule has 0 radical (unpaired) electrons. The zero-order valence-corrected chi connectivity index (χ0v) is 6.84. The van der Waals surface area contributed by atoms with Crippen LogP contribution in [-0.4, -0.2) is 14.2 Å². The molecule has 1 atom stereocenters. The van der Waals surface area contributed by atoms with Gasteiger partial charge >= 0.3 is 63.2 Å². The van der Waals surface area contributed by atoms with Crippen LogP contribution in [0.1, 0.15) is 0 Å². The summed E-state index contributed by atoms with van der Waals surface area (Å²) < 4.78 is 0.627. The second-order valence-corrected chi connectivity index (χ2v) is 4.37. The van der Waals surface area contributed by atoms with Crippen molar-refractivity contribution < 1.29 is 30.8 Å². The third-order valence-corrected chi connectivity index (χ3v) is 3.44. The fourth-order valence-electron chi connectivity index (χ4n) is 0.466. The molecule has 1 rings (SSSR count). The maximum absolute atomic E-state index is 10.6. The van der Waals surface area contributed by atoms with Crippen LogP contribution >= 0.6 is 0 Å². The summed E-state index contributed by atoms with van der Waals surface area (Å²) in [6.45, 7) is 3.58. The molecule has 0 saturated carbocycles. The minimum atomic E-state index is -0.449. The number of nitrogens with one attached hydrogen (secondary N) is 1. The van der Waals surface area contributed by atoms with Crippen LogP contribution < -0.4 is 26.5 Å². The van der Waals surface area contributed by atoms with E-state index in [9.17, 15) is 9.59 Å². The van der Waals surface area contributed by atoms with E-state index in [4.69, 9.17) is 0 Å². The molecule has 9 heavy (non-hydrogen) atoms. The van der Waals surface area contributed by atoms with Crippen LogP contribution in [-0.2, 0) is 4.79 Å². The standard InChI is InChI=1S/C5H6INO2/c1-3-2-6-5(9)7-4(3)8/h3H,1-2H2,(H,7,8,9). The van der Waals surface area contributed by atoms with Gasteiger partial charge in [-0.2, -0.15) is 0 Å². The Balaban J connectivity index is 2.54. The first-order valence-electron chi connectivity index (χ1n) is 2.47. The van der Waals surface area contributed by atoms with E-state index in [1.807, 2.05) is 0 Å². The number of imide groups is 1. The van der Waals surface area contributed by atoms with Crippen molar-refractivity contribution >= 4 is 9.82 Å². The van der Waals surface area contributed by atoms with E-state index < -0.39 is 21.2 Å². The number of hydrogen-bond acceptors (Lipinski definition) is 2. The fourth-order valence-corrected chi connectivity index (χ4v) is 2.25. The van der Waals surface area contributed by atoms with Gasteiger partial charge in [-0.3, -0.25) is 0 Å². The van der Waals surface area contributed by atoms with Gasteiger partial charge in [-0.25, -0.2) is 0 Å². The summed E-state index contributed by atoms with van der Waals surface area (Å²) in [5, 5.41) is 2.24. The summed E-state index contributed by atoms with van der Waals surface area (Å²) >= 11 is -0.449. The van der Waals surface area contributed by atoms with Crippen LogP contribution in [0.2, 0.25) is 0 Å². The van der Waals surface area contributed by atoms with Gasteiger partial charge in [-0.15, -0.1) is 0 Å². The summed E-state index contributed by atoms with van der Waals surface area (Å²) in [6, 6.07) is 0. The Morgan fingerprint density at radius 2 is 2.33 bits per heavy atom. The van der Waals surface area contributed by atoms with E-state index in [1.165, 1.54) is 0 Å². The SMILES string of the molecule is [CH2+]C1C[I-]C(=O)NC1=O. The van der Waals surface area contributed by atoms with Crippen molar-refractivity contribution in [2.24, 2.45) is 5.92 Å². The molecule has 4 heteroatoms. The predicted octanol–water partition coefficient (Wildman–Crippen LogP) is -3.22. The molecule has 1 aliphatic rings. The number of hydrogen-bond donors (Lipinski definition) is 1. The molecule has 0 bridgehead atoms. The van der Waals surface area contributed by atoms with Gasteiger partial charge in [0.2, 0.25) is 0 Å². The topological polar surface area (TPSA) is 46.2 Å². The van der Waals surface area contributed by atoms with Gasteiger partial charge in [0.1, 0.15) is 0 Å². The zero-order chi connectivity index (χ0) is 6.85. The molecule has 0 spiro atoms. The number of carbonyl (C=O) groups is 2. The third kappa shape index (κ3) is 1.57. The van der Waals surface area contributed by atoms with Gasteiger partial charge in [-0.05, 0) is 0 Å². The number of carbonyl (C=O) groups excluding carboxylic acids is 2. The van der Waals surface area contributed by atoms with Crippen molar-refractivity contribution in [2.75, 3.05) is 4.43 Å². The molecule has 1 N–H and O–H groups in total. The Labute approximate surface area is 63.5 Å². The summed E-state index contributed by atoms with van der Waals surface area (Å²) in [7, 11) is 0. The number of rotatable bonds is 0. The predicted molar refractivity (Wildman–Crippen MR) is 27.3 cm³/mol. The van der Waals surface area contributed by atoms with Crippen LogP contribution in [0.15, 0.2) is 0 Å². The number of halogens is 1. The van der Waals surface area contributed by atoms with E-state index in [-0.39, 0.29) is 15.7 Å². The molecule has 3 nitrogen and oxygen atoms in total. The van der Waals surface area contributed by atoms with Crippen molar-refractivity contribution in [3.8, 4) is 0 Å². The van der Waals surface area contributed by atoms with Crippen molar-refractivity contribution in [1.29, 1.82) is 0 Å². The normalized spacial score (nSPS) is 28.7. The van der Waals surface area contributed by atoms with Gasteiger partial charge in [0, 0.05) is 0 Å². The monoisotopic (exact) mass is 239 g/mol. The van der Waals surface area contributed by atoms with E-state index in [1.54, 1.807) is 0 Å². The van der Waals surface area contributed by atoms with Crippen molar-refractivity contribution in [1.82, 2.24) is 5.32 Å². The average Bonchev–Trinajstić information content (AvgIpc) is 1.80. The molecular weight excluding hydrogens is 233 g/mol. The molecule has 1 aliphatic heterocycles. The molecule has 0 aliphatic carbocycles. The Kier molecular flexibility index (Phi) is 1.94. The van der Waals surface area contributed by atoms with Crippen molar-refractivity contribution in [2.45, 2.75) is 0 Å². The Hall–Kier alpha value is -0.260. The molecule has 50 valence electrons.